The minimum Gasteiger partial charge on any atom is -0.490 e. The number of hydrogen-bond acceptors (Lipinski definition) is 9. The molecule has 2 saturated heterocycles. The summed E-state index contributed by atoms with van der Waals surface area (Å²) in [6, 6.07) is 23.9. The summed E-state index contributed by atoms with van der Waals surface area (Å²) in [5, 5.41) is 20.9. The lowest BCUT2D eigenvalue weighted by Gasteiger charge is -2.36. The summed E-state index contributed by atoms with van der Waals surface area (Å²) in [6.07, 6.45) is 3.04. The summed E-state index contributed by atoms with van der Waals surface area (Å²) in [5.41, 5.74) is 3.83. The molecule has 12 heteroatoms. The number of anilines is 2. The van der Waals surface area contributed by atoms with Crippen LogP contribution in [0.2, 0.25) is 0 Å². The molecule has 3 fully saturated rings. The normalized spacial score (nSPS) is 16.7. The fourth-order valence-electron chi connectivity index (χ4n) is 5.49. The van der Waals surface area contributed by atoms with E-state index in [-0.39, 0.29) is 22.5 Å². The van der Waals surface area contributed by atoms with Crippen molar-refractivity contribution in [3.05, 3.63) is 83.4 Å². The minimum atomic E-state index is -3.68. The molecule has 6 rings (SSSR count). The van der Waals surface area contributed by atoms with Gasteiger partial charge in [-0.1, -0.05) is 0 Å². The van der Waals surface area contributed by atoms with Gasteiger partial charge in [0, 0.05) is 63.7 Å². The Morgan fingerprint density at radius 3 is 1.85 bits per heavy atom. The highest BCUT2D eigenvalue weighted by atomic mass is 32.2. The molecule has 0 bridgehead atoms. The van der Waals surface area contributed by atoms with E-state index in [4.69, 9.17) is 15.3 Å². The van der Waals surface area contributed by atoms with Gasteiger partial charge in [-0.3, -0.25) is 4.79 Å². The van der Waals surface area contributed by atoms with Crippen molar-refractivity contribution in [3.63, 3.8) is 0 Å². The zero-order valence-corrected chi connectivity index (χ0v) is 26.8. The fraction of sp³-hybridized carbons (Fsp3) is 0.382. The summed E-state index contributed by atoms with van der Waals surface area (Å²) < 4.78 is 32.9. The molecule has 1 amide bonds. The number of carbonyl (C=O) groups is 1. The number of sulfonamides is 1. The Morgan fingerprint density at radius 1 is 0.826 bits per heavy atom. The molecule has 0 aromatic heterocycles. The number of nitrogens with zero attached hydrogens (tertiary/aromatic N) is 5. The van der Waals surface area contributed by atoms with Crippen LogP contribution in [0.4, 0.5) is 11.4 Å². The second kappa shape index (κ2) is 15.1. The van der Waals surface area contributed by atoms with Gasteiger partial charge in [-0.05, 0) is 93.0 Å². The van der Waals surface area contributed by atoms with Crippen molar-refractivity contribution < 1.29 is 17.9 Å². The van der Waals surface area contributed by atoms with Crippen molar-refractivity contribution in [2.24, 2.45) is 0 Å². The molecule has 2 aliphatic heterocycles. The summed E-state index contributed by atoms with van der Waals surface area (Å²) in [6.45, 7) is 6.48. The summed E-state index contributed by atoms with van der Waals surface area (Å²) in [4.78, 5) is 19.7. The van der Waals surface area contributed by atoms with E-state index in [1.807, 2.05) is 36.4 Å². The number of rotatable bonds is 7. The molecule has 240 valence electrons. The Labute approximate surface area is 271 Å². The lowest BCUT2D eigenvalue weighted by Crippen LogP contribution is -2.49. The predicted molar refractivity (Wildman–Crippen MR) is 176 cm³/mol. The smallest absolute Gasteiger partial charge is 0.257 e. The molecule has 0 spiro atoms. The van der Waals surface area contributed by atoms with Crippen molar-refractivity contribution in [2.45, 2.75) is 30.3 Å². The molecular formula is C34H39N7O4S. The first-order valence-corrected chi connectivity index (χ1v) is 17.0. The van der Waals surface area contributed by atoms with Gasteiger partial charge in [0.1, 0.15) is 5.75 Å². The first-order chi connectivity index (χ1) is 22.3. The quantitative estimate of drug-likeness (QED) is 0.397. The first-order valence-electron chi connectivity index (χ1n) is 15.6. The average Bonchev–Trinajstić information content (AvgIpc) is 3.10. The van der Waals surface area contributed by atoms with Crippen molar-refractivity contribution in [1.29, 1.82) is 10.5 Å². The van der Waals surface area contributed by atoms with Gasteiger partial charge in [-0.2, -0.15) is 10.5 Å². The van der Waals surface area contributed by atoms with Crippen molar-refractivity contribution >= 4 is 27.3 Å². The van der Waals surface area contributed by atoms with Crippen molar-refractivity contribution in [3.8, 4) is 17.9 Å². The van der Waals surface area contributed by atoms with Gasteiger partial charge in [0.05, 0.1) is 39.8 Å². The van der Waals surface area contributed by atoms with E-state index >= 15 is 0 Å². The van der Waals surface area contributed by atoms with Crippen LogP contribution in [0, 0.1) is 22.7 Å². The monoisotopic (exact) mass is 641 g/mol. The van der Waals surface area contributed by atoms with Crippen LogP contribution in [-0.2, 0) is 10.0 Å². The maximum absolute atomic E-state index is 13.4. The molecule has 3 aliphatic rings. The maximum Gasteiger partial charge on any atom is 0.257 e. The largest absolute Gasteiger partial charge is 0.490 e. The number of amides is 1. The molecule has 2 N–H and O–H groups in total. The zero-order chi connectivity index (χ0) is 32.5. The SMILES string of the molecule is CNS(=O)(=O)c1ccc(OC2CCC2)c(C(=O)N2CCN(c3ccc(C#N)cc3)CC2)c1.N#Cc1ccc(N2CCNCC2)cc1. The molecule has 0 radical (unpaired) electrons. The number of ether oxygens (including phenoxy) is 1. The number of hydrogen-bond donors (Lipinski definition) is 2. The predicted octanol–water partition coefficient (Wildman–Crippen LogP) is 3.33. The zero-order valence-electron chi connectivity index (χ0n) is 26.0. The third-order valence-electron chi connectivity index (χ3n) is 8.51. The van der Waals surface area contributed by atoms with Crippen molar-refractivity contribution in [2.75, 3.05) is 69.2 Å². The van der Waals surface area contributed by atoms with Crippen LogP contribution < -0.4 is 24.6 Å². The van der Waals surface area contributed by atoms with Gasteiger partial charge in [-0.15, -0.1) is 0 Å². The Morgan fingerprint density at radius 2 is 1.37 bits per heavy atom. The number of benzene rings is 3. The third kappa shape index (κ3) is 7.96. The van der Waals surface area contributed by atoms with Crippen LogP contribution in [0.15, 0.2) is 71.6 Å². The Kier molecular flexibility index (Phi) is 10.8. The highest BCUT2D eigenvalue weighted by molar-refractivity contribution is 7.89. The number of nitrogens with one attached hydrogen (secondary N) is 2. The highest BCUT2D eigenvalue weighted by Crippen LogP contribution is 2.31. The first kappa shape index (κ1) is 32.8. The van der Waals surface area contributed by atoms with Crippen LogP contribution in [0.3, 0.4) is 0 Å². The van der Waals surface area contributed by atoms with E-state index < -0.39 is 10.0 Å². The van der Waals surface area contributed by atoms with Gasteiger partial charge >= 0.3 is 0 Å². The lowest BCUT2D eigenvalue weighted by molar-refractivity contribution is 0.0728. The Bertz CT molecular complexity index is 1680. The standard InChI is InChI=1S/C23H26N4O4S.C11H13N3/c1-25-32(29,30)20-9-10-22(31-19-3-2-4-19)21(15-20)23(28)27-13-11-26(12-14-27)18-7-5-17(16-24)6-8-18;12-9-10-1-3-11(4-2-10)14-7-5-13-6-8-14/h5-10,15,19,25H,2-4,11-14H2,1H3;1-4,13H,5-8H2. The summed E-state index contributed by atoms with van der Waals surface area (Å²) in [7, 11) is -2.33. The lowest BCUT2D eigenvalue weighted by atomic mass is 9.96. The van der Waals surface area contributed by atoms with E-state index in [0.29, 0.717) is 37.5 Å². The van der Waals surface area contributed by atoms with Gasteiger partial charge in [-0.25, -0.2) is 13.1 Å². The highest BCUT2D eigenvalue weighted by Gasteiger charge is 2.28. The van der Waals surface area contributed by atoms with E-state index in [1.54, 1.807) is 23.1 Å². The van der Waals surface area contributed by atoms with E-state index in [0.717, 1.165) is 56.7 Å². The second-order valence-corrected chi connectivity index (χ2v) is 13.3. The third-order valence-corrected chi connectivity index (χ3v) is 9.93. The van der Waals surface area contributed by atoms with Gasteiger partial charge in [0.15, 0.2) is 0 Å². The minimum absolute atomic E-state index is 0.0422. The van der Waals surface area contributed by atoms with E-state index in [2.05, 4.69) is 32.0 Å². The van der Waals surface area contributed by atoms with Crippen LogP contribution in [-0.4, -0.2) is 84.7 Å². The number of nitriles is 2. The van der Waals surface area contributed by atoms with Crippen LogP contribution >= 0.6 is 0 Å². The molecule has 1 aliphatic carbocycles. The molecule has 0 atom stereocenters. The fourth-order valence-corrected chi connectivity index (χ4v) is 6.24. The van der Waals surface area contributed by atoms with Gasteiger partial charge < -0.3 is 24.8 Å². The van der Waals surface area contributed by atoms with Crippen LogP contribution in [0.1, 0.15) is 40.7 Å². The number of piperazine rings is 2. The molecule has 3 aromatic rings. The molecule has 1 saturated carbocycles. The Balaban J connectivity index is 0.000000247. The molecule has 3 aromatic carbocycles. The topological polar surface area (TPSA) is 142 Å². The molecule has 11 nitrogen and oxygen atoms in total. The van der Waals surface area contributed by atoms with E-state index in [9.17, 15) is 13.2 Å². The molecular weight excluding hydrogens is 602 g/mol. The maximum atomic E-state index is 13.4. The van der Waals surface area contributed by atoms with Crippen molar-refractivity contribution in [1.82, 2.24) is 14.9 Å². The van der Waals surface area contributed by atoms with Gasteiger partial charge in [0.2, 0.25) is 10.0 Å². The Hall–Kier alpha value is -4.62. The van der Waals surface area contributed by atoms with Crippen LogP contribution in [0.25, 0.3) is 0 Å². The van der Waals surface area contributed by atoms with Gasteiger partial charge in [0.25, 0.3) is 5.91 Å². The summed E-state index contributed by atoms with van der Waals surface area (Å²) >= 11 is 0. The summed E-state index contributed by atoms with van der Waals surface area (Å²) in [5.74, 6) is 0.205. The second-order valence-electron chi connectivity index (χ2n) is 11.4. The van der Waals surface area contributed by atoms with Crippen LogP contribution in [0.5, 0.6) is 5.75 Å². The molecule has 0 unspecified atom stereocenters. The number of carbonyl (C=O) groups excluding carboxylic acids is 1. The molecule has 2 heterocycles. The van der Waals surface area contributed by atoms with E-state index in [1.165, 1.54) is 24.9 Å². The molecule has 46 heavy (non-hydrogen) atoms. The average molecular weight is 642 g/mol.